The van der Waals surface area contributed by atoms with Gasteiger partial charge in [-0.2, -0.15) is 0 Å². The number of hydrogen-bond donors (Lipinski definition) is 2. The molecule has 0 aliphatic carbocycles. The second-order valence-electron chi connectivity index (χ2n) is 6.67. The molecule has 5 nitrogen and oxygen atoms in total. The van der Waals surface area contributed by atoms with Crippen molar-refractivity contribution in [2.24, 2.45) is 0 Å². The van der Waals surface area contributed by atoms with Crippen molar-refractivity contribution in [3.63, 3.8) is 0 Å². The van der Waals surface area contributed by atoms with E-state index in [-0.39, 0.29) is 5.91 Å². The number of nitrogens with one attached hydrogen (secondary N) is 2. The third-order valence-corrected chi connectivity index (χ3v) is 5.40. The van der Waals surface area contributed by atoms with Crippen LogP contribution >= 0.6 is 11.3 Å². The number of nitrogens with zero attached hydrogens (tertiary/aromatic N) is 2. The molecule has 0 aliphatic heterocycles. The molecular formula is C21H26N4OS. The highest BCUT2D eigenvalue weighted by Crippen LogP contribution is 2.27. The van der Waals surface area contributed by atoms with Gasteiger partial charge in [0.25, 0.3) is 5.91 Å². The monoisotopic (exact) mass is 382 g/mol. The normalized spacial score (nSPS) is 10.9. The fraction of sp³-hybridized carbons (Fsp3) is 0.381. The molecule has 0 fully saturated rings. The molecule has 3 rings (SSSR count). The van der Waals surface area contributed by atoms with Gasteiger partial charge in [-0.25, -0.2) is 9.97 Å². The maximum Gasteiger partial charge on any atom is 0.251 e. The van der Waals surface area contributed by atoms with E-state index in [1.807, 2.05) is 24.3 Å². The molecule has 0 spiro atoms. The summed E-state index contributed by atoms with van der Waals surface area (Å²) in [5.41, 5.74) is 1.81. The second-order valence-corrected chi connectivity index (χ2v) is 7.90. The molecule has 0 saturated heterocycles. The van der Waals surface area contributed by atoms with Crippen molar-refractivity contribution in [3.8, 4) is 0 Å². The molecule has 0 aliphatic rings. The number of hydrogen-bond acceptors (Lipinski definition) is 5. The first-order valence-corrected chi connectivity index (χ1v) is 10.3. The average Bonchev–Trinajstić information content (AvgIpc) is 3.07. The molecule has 6 heteroatoms. The van der Waals surface area contributed by atoms with Crippen LogP contribution in [0.4, 0.5) is 5.82 Å². The van der Waals surface area contributed by atoms with Crippen molar-refractivity contribution < 1.29 is 4.79 Å². The van der Waals surface area contributed by atoms with E-state index >= 15 is 0 Å². The van der Waals surface area contributed by atoms with Crippen LogP contribution in [0.1, 0.15) is 53.4 Å². The average molecular weight is 383 g/mol. The Balaban J connectivity index is 1.53. The topological polar surface area (TPSA) is 66.9 Å². The van der Waals surface area contributed by atoms with Crippen LogP contribution in [-0.4, -0.2) is 22.4 Å². The van der Waals surface area contributed by atoms with E-state index in [9.17, 15) is 4.79 Å². The van der Waals surface area contributed by atoms with E-state index in [4.69, 9.17) is 0 Å². The molecule has 1 amide bonds. The summed E-state index contributed by atoms with van der Waals surface area (Å²) >= 11 is 1.67. The minimum atomic E-state index is -0.00253. The summed E-state index contributed by atoms with van der Waals surface area (Å²) in [6, 6.07) is 9.83. The Morgan fingerprint density at radius 3 is 2.70 bits per heavy atom. The minimum Gasteiger partial charge on any atom is -0.365 e. The Morgan fingerprint density at radius 1 is 1.11 bits per heavy atom. The van der Waals surface area contributed by atoms with E-state index in [1.54, 1.807) is 17.7 Å². The van der Waals surface area contributed by atoms with Gasteiger partial charge in [0.05, 0.1) is 5.39 Å². The Kier molecular flexibility index (Phi) is 6.76. The molecule has 0 atom stereocenters. The lowest BCUT2D eigenvalue weighted by atomic mass is 10.1. The number of fused-ring (bicyclic) bond motifs is 1. The second kappa shape index (κ2) is 9.46. The van der Waals surface area contributed by atoms with Gasteiger partial charge >= 0.3 is 0 Å². The highest BCUT2D eigenvalue weighted by atomic mass is 32.1. The summed E-state index contributed by atoms with van der Waals surface area (Å²) in [5.74, 6) is 0.843. The Hall–Kier alpha value is -2.47. The lowest BCUT2D eigenvalue weighted by Gasteiger charge is -2.08. The summed E-state index contributed by atoms with van der Waals surface area (Å²) < 4.78 is 0. The van der Waals surface area contributed by atoms with E-state index in [0.29, 0.717) is 12.1 Å². The van der Waals surface area contributed by atoms with Crippen LogP contribution in [0.5, 0.6) is 0 Å². The standard InChI is InChI=1S/C21H26N4OS/c1-3-4-5-6-11-22-20(26)17-9-7-16(8-10-17)13-23-19-18-12-15(2)27-21(18)25-14-24-19/h7-10,12,14H,3-6,11,13H2,1-2H3,(H,22,26)(H,23,24,25). The zero-order valence-electron chi connectivity index (χ0n) is 15.9. The SMILES string of the molecule is CCCCCCNC(=O)c1ccc(CNc2ncnc3sc(C)cc23)cc1. The number of carbonyl (C=O) groups is 1. The molecular weight excluding hydrogens is 356 g/mol. The largest absolute Gasteiger partial charge is 0.365 e. The summed E-state index contributed by atoms with van der Waals surface area (Å²) in [5, 5.41) is 7.42. The number of anilines is 1. The van der Waals surface area contributed by atoms with Crippen LogP contribution in [0.2, 0.25) is 0 Å². The van der Waals surface area contributed by atoms with Crippen molar-refractivity contribution in [1.29, 1.82) is 0 Å². The highest BCUT2D eigenvalue weighted by molar-refractivity contribution is 7.18. The number of benzene rings is 1. The number of carbonyl (C=O) groups excluding carboxylic acids is 1. The fourth-order valence-corrected chi connectivity index (χ4v) is 3.78. The van der Waals surface area contributed by atoms with E-state index in [2.05, 4.69) is 40.5 Å². The number of unbranched alkanes of at least 4 members (excludes halogenated alkanes) is 3. The molecule has 27 heavy (non-hydrogen) atoms. The van der Waals surface area contributed by atoms with Gasteiger partial charge in [0.1, 0.15) is 17.0 Å². The first kappa shape index (κ1) is 19.3. The molecule has 0 bridgehead atoms. The number of amides is 1. The van der Waals surface area contributed by atoms with E-state index < -0.39 is 0 Å². The Morgan fingerprint density at radius 2 is 1.93 bits per heavy atom. The lowest BCUT2D eigenvalue weighted by Crippen LogP contribution is -2.24. The van der Waals surface area contributed by atoms with Crippen molar-refractivity contribution in [1.82, 2.24) is 15.3 Å². The molecule has 0 radical (unpaired) electrons. The molecule has 2 N–H and O–H groups in total. The van der Waals surface area contributed by atoms with E-state index in [1.165, 1.54) is 24.1 Å². The highest BCUT2D eigenvalue weighted by Gasteiger charge is 2.08. The van der Waals surface area contributed by atoms with Crippen LogP contribution in [0.15, 0.2) is 36.7 Å². The van der Waals surface area contributed by atoms with Crippen LogP contribution in [0.3, 0.4) is 0 Å². The number of rotatable bonds is 9. The van der Waals surface area contributed by atoms with Gasteiger partial charge < -0.3 is 10.6 Å². The van der Waals surface area contributed by atoms with Gasteiger partial charge in [-0.1, -0.05) is 38.3 Å². The summed E-state index contributed by atoms with van der Waals surface area (Å²) in [6.45, 7) is 5.65. The molecule has 0 unspecified atom stereocenters. The lowest BCUT2D eigenvalue weighted by molar-refractivity contribution is 0.0953. The van der Waals surface area contributed by atoms with Crippen molar-refractivity contribution in [2.75, 3.05) is 11.9 Å². The van der Waals surface area contributed by atoms with Crippen molar-refractivity contribution in [2.45, 2.75) is 46.1 Å². The molecule has 3 aromatic rings. The van der Waals surface area contributed by atoms with E-state index in [0.717, 1.165) is 34.6 Å². The van der Waals surface area contributed by atoms with Crippen LogP contribution in [-0.2, 0) is 6.54 Å². The molecule has 1 aromatic carbocycles. The predicted molar refractivity (Wildman–Crippen MR) is 112 cm³/mol. The van der Waals surface area contributed by atoms with Gasteiger partial charge in [-0.3, -0.25) is 4.79 Å². The fourth-order valence-electron chi connectivity index (χ4n) is 2.93. The maximum absolute atomic E-state index is 12.2. The van der Waals surface area contributed by atoms with Gasteiger partial charge in [0.15, 0.2) is 0 Å². The van der Waals surface area contributed by atoms with Crippen LogP contribution in [0.25, 0.3) is 10.2 Å². The van der Waals surface area contributed by atoms with Gasteiger partial charge in [0, 0.05) is 23.5 Å². The number of aromatic nitrogens is 2. The quantitative estimate of drug-likeness (QED) is 0.515. The zero-order chi connectivity index (χ0) is 19.1. The molecule has 2 aromatic heterocycles. The maximum atomic E-state index is 12.2. The third kappa shape index (κ3) is 5.26. The zero-order valence-corrected chi connectivity index (χ0v) is 16.7. The van der Waals surface area contributed by atoms with Crippen molar-refractivity contribution in [3.05, 3.63) is 52.7 Å². The predicted octanol–water partition coefficient (Wildman–Crippen LogP) is 4.92. The summed E-state index contributed by atoms with van der Waals surface area (Å²) in [4.78, 5) is 23.1. The van der Waals surface area contributed by atoms with Gasteiger partial charge in [-0.05, 0) is 37.1 Å². The number of thiophene rings is 1. The first-order valence-electron chi connectivity index (χ1n) is 9.49. The Labute approximate surface area is 164 Å². The smallest absolute Gasteiger partial charge is 0.251 e. The van der Waals surface area contributed by atoms with Crippen LogP contribution in [0, 0.1) is 6.92 Å². The third-order valence-electron chi connectivity index (χ3n) is 4.44. The number of aryl methyl sites for hydroxylation is 1. The first-order chi connectivity index (χ1) is 13.2. The van der Waals surface area contributed by atoms with Gasteiger partial charge in [-0.15, -0.1) is 11.3 Å². The van der Waals surface area contributed by atoms with Crippen LogP contribution < -0.4 is 10.6 Å². The summed E-state index contributed by atoms with van der Waals surface area (Å²) in [7, 11) is 0. The van der Waals surface area contributed by atoms with Gasteiger partial charge in [0.2, 0.25) is 0 Å². The van der Waals surface area contributed by atoms with Crippen molar-refractivity contribution >= 4 is 33.3 Å². The Bertz CT molecular complexity index is 889. The minimum absolute atomic E-state index is 0.00253. The molecule has 2 heterocycles. The molecule has 0 saturated carbocycles. The summed E-state index contributed by atoms with van der Waals surface area (Å²) in [6.07, 6.45) is 6.23. The molecule has 142 valence electrons.